The summed E-state index contributed by atoms with van der Waals surface area (Å²) in [7, 11) is 0. The topological polar surface area (TPSA) is 26.3 Å². The molecule has 2 heteroatoms. The van der Waals surface area contributed by atoms with Crippen LogP contribution >= 0.6 is 0 Å². The Labute approximate surface area is 365 Å². The first-order valence-electron chi connectivity index (χ1n) is 24.4. The van der Waals surface area contributed by atoms with Crippen LogP contribution in [0, 0.1) is 13.8 Å². The van der Waals surface area contributed by atoms with E-state index in [4.69, 9.17) is 19.8 Å². The van der Waals surface area contributed by atoms with Crippen LogP contribution < -0.4 is 0 Å². The third-order valence-electron chi connectivity index (χ3n) is 11.1. The second kappa shape index (κ2) is 15.2. The van der Waals surface area contributed by atoms with Crippen molar-refractivity contribution in [2.75, 3.05) is 0 Å². The molecule has 0 bridgehead atoms. The van der Waals surface area contributed by atoms with E-state index < -0.39 is 0 Å². The largest absolute Gasteiger partial charge is 0.456 e. The van der Waals surface area contributed by atoms with Crippen LogP contribution in [0.1, 0.15) is 74.8 Å². The van der Waals surface area contributed by atoms with Crippen LogP contribution in [0.5, 0.6) is 0 Å². The fourth-order valence-electron chi connectivity index (χ4n) is 8.69. The van der Waals surface area contributed by atoms with Crippen molar-refractivity contribution in [1.82, 2.24) is 0 Å². The van der Waals surface area contributed by atoms with E-state index in [1.54, 1.807) is 13.8 Å². The molecule has 0 spiro atoms. The molecule has 0 aliphatic carbocycles. The van der Waals surface area contributed by atoms with Gasteiger partial charge in [0.15, 0.2) is 0 Å². The normalized spacial score (nSPS) is 13.9. The number of hydrogen-bond acceptors (Lipinski definition) is 2. The van der Waals surface area contributed by atoms with Gasteiger partial charge in [-0.05, 0) is 92.9 Å². The van der Waals surface area contributed by atoms with Crippen LogP contribution in [0.15, 0.2) is 179 Å². The van der Waals surface area contributed by atoms with Crippen LogP contribution in [0.3, 0.4) is 0 Å². The van der Waals surface area contributed by atoms with E-state index in [0.717, 1.165) is 88.4 Å². The van der Waals surface area contributed by atoms with Gasteiger partial charge in [0.25, 0.3) is 0 Å². The lowest BCUT2D eigenvalue weighted by atomic mass is 9.76. The molecule has 2 aromatic heterocycles. The fourth-order valence-corrected chi connectivity index (χ4v) is 8.69. The SMILES string of the molecule is [2H]c1c([2H])c(C)c([2H])c(-c2cccc(-c3cccc4c3oc3ccccc34)c2C(C)(C)C)c1[2H].[2H]c1c([2H])c(C)c([2H])c(-c2cccc(-c3cccc4oc5ccccc5c34)c2C(C)(C)C)c1[2H]. The minimum Gasteiger partial charge on any atom is -0.456 e. The van der Waals surface area contributed by atoms with E-state index >= 15 is 0 Å². The van der Waals surface area contributed by atoms with Crippen LogP contribution in [-0.4, -0.2) is 0 Å². The Morgan fingerprint density at radius 2 is 0.833 bits per heavy atom. The van der Waals surface area contributed by atoms with Crippen LogP contribution in [0.2, 0.25) is 0 Å². The summed E-state index contributed by atoms with van der Waals surface area (Å²) < 4.78 is 80.2. The number of hydrogen-bond donors (Lipinski definition) is 0. The zero-order valence-corrected chi connectivity index (χ0v) is 35.4. The molecule has 0 amide bonds. The summed E-state index contributed by atoms with van der Waals surface area (Å²) in [5.74, 6) is 0. The van der Waals surface area contributed by atoms with Gasteiger partial charge < -0.3 is 8.83 Å². The molecule has 0 radical (unpaired) electrons. The van der Waals surface area contributed by atoms with Crippen molar-refractivity contribution in [3.63, 3.8) is 0 Å². The van der Waals surface area contributed by atoms with Gasteiger partial charge in [0.1, 0.15) is 22.3 Å². The molecule has 0 saturated heterocycles. The quantitative estimate of drug-likeness (QED) is 0.178. The Hall–Kier alpha value is -6.64. The lowest BCUT2D eigenvalue weighted by Gasteiger charge is -2.27. The van der Waals surface area contributed by atoms with E-state index in [9.17, 15) is 0 Å². The van der Waals surface area contributed by atoms with Crippen molar-refractivity contribution in [3.05, 3.63) is 192 Å². The maximum absolute atomic E-state index is 8.76. The fraction of sp³-hybridized carbons (Fsp3) is 0.172. The molecule has 8 aromatic carbocycles. The third kappa shape index (κ3) is 7.11. The molecule has 0 unspecified atom stereocenters. The van der Waals surface area contributed by atoms with Gasteiger partial charge in [-0.1, -0.05) is 204 Å². The number of para-hydroxylation sites is 3. The van der Waals surface area contributed by atoms with Crippen LogP contribution in [0.25, 0.3) is 88.4 Å². The molecule has 10 rings (SSSR count). The molecular weight excluding hydrogens is 729 g/mol. The smallest absolute Gasteiger partial charge is 0.143 e. The number of fused-ring (bicyclic) bond motifs is 6. The van der Waals surface area contributed by atoms with Crippen LogP contribution in [-0.2, 0) is 10.8 Å². The highest BCUT2D eigenvalue weighted by Crippen LogP contribution is 2.46. The Kier molecular flexibility index (Phi) is 7.70. The highest BCUT2D eigenvalue weighted by Gasteiger charge is 2.27. The molecule has 0 fully saturated rings. The molecule has 60 heavy (non-hydrogen) atoms. The summed E-state index contributed by atoms with van der Waals surface area (Å²) in [6.45, 7) is 16.1. The minimum absolute atomic E-state index is 0.0538. The van der Waals surface area contributed by atoms with Gasteiger partial charge in [0, 0.05) is 27.1 Å². The second-order valence-corrected chi connectivity index (χ2v) is 17.5. The van der Waals surface area contributed by atoms with Crippen molar-refractivity contribution in [1.29, 1.82) is 0 Å². The van der Waals surface area contributed by atoms with Crippen molar-refractivity contribution in [3.8, 4) is 44.5 Å². The van der Waals surface area contributed by atoms with Crippen molar-refractivity contribution < 1.29 is 19.8 Å². The molecule has 0 atom stereocenters. The summed E-state index contributed by atoms with van der Waals surface area (Å²) in [5.41, 5.74) is 11.8. The van der Waals surface area contributed by atoms with Gasteiger partial charge in [0.2, 0.25) is 0 Å². The molecular formula is C58H52O2. The van der Waals surface area contributed by atoms with E-state index in [2.05, 4.69) is 84.0 Å². The standard InChI is InChI=1S/2C29H26O/c1-19-10-7-11-20(18-19)21-13-8-15-23(28(21)29(2,3)4)22-14-9-17-26-27(22)24-12-5-6-16-25(24)30-26;1-19-10-7-11-20(18-19)21-13-8-14-23(27(21)29(2,3)4)25-16-9-15-24-22-12-5-6-17-26(22)30-28(24)25/h2*5-18H,1-4H3/i2*7D,10D,11D,18D. The Morgan fingerprint density at radius 1 is 0.400 bits per heavy atom. The number of furan rings is 2. The first-order chi connectivity index (χ1) is 32.2. The van der Waals surface area contributed by atoms with Crippen molar-refractivity contribution >= 4 is 43.9 Å². The summed E-state index contributed by atoms with van der Waals surface area (Å²) in [5, 5.41) is 4.19. The summed E-state index contributed by atoms with van der Waals surface area (Å²) in [4.78, 5) is 0. The number of benzene rings is 8. The van der Waals surface area contributed by atoms with E-state index in [1.165, 1.54) is 0 Å². The molecule has 0 N–H and O–H groups in total. The number of rotatable bonds is 4. The molecule has 10 aromatic rings. The van der Waals surface area contributed by atoms with Gasteiger partial charge in [-0.3, -0.25) is 0 Å². The van der Waals surface area contributed by atoms with E-state index in [0.29, 0.717) is 22.3 Å². The third-order valence-corrected chi connectivity index (χ3v) is 11.1. The van der Waals surface area contributed by atoms with E-state index in [-0.39, 0.29) is 59.2 Å². The maximum atomic E-state index is 8.76. The molecule has 0 aliphatic rings. The van der Waals surface area contributed by atoms with Crippen molar-refractivity contribution in [2.24, 2.45) is 0 Å². The summed E-state index contributed by atoms with van der Waals surface area (Å²) in [6.07, 6.45) is 0. The van der Waals surface area contributed by atoms with Gasteiger partial charge in [0.05, 0.1) is 11.0 Å². The van der Waals surface area contributed by atoms with Gasteiger partial charge >= 0.3 is 0 Å². The summed E-state index contributed by atoms with van der Waals surface area (Å²) in [6, 6.07) is 39.9. The Balaban J connectivity index is 0.000000170. The van der Waals surface area contributed by atoms with E-state index in [1.807, 2.05) is 78.9 Å². The lowest BCUT2D eigenvalue weighted by Crippen LogP contribution is -2.14. The van der Waals surface area contributed by atoms with Gasteiger partial charge in [-0.25, -0.2) is 0 Å². The van der Waals surface area contributed by atoms with Crippen molar-refractivity contribution in [2.45, 2.75) is 66.2 Å². The summed E-state index contributed by atoms with van der Waals surface area (Å²) >= 11 is 0. The Morgan fingerprint density at radius 3 is 1.43 bits per heavy atom. The molecule has 0 saturated carbocycles. The monoisotopic (exact) mass is 788 g/mol. The highest BCUT2D eigenvalue weighted by atomic mass is 16.3. The maximum Gasteiger partial charge on any atom is 0.143 e. The predicted octanol–water partition coefficient (Wildman–Crippen LogP) is 17.1. The highest BCUT2D eigenvalue weighted by molar-refractivity contribution is 6.13. The average molecular weight is 789 g/mol. The van der Waals surface area contributed by atoms with Gasteiger partial charge in [-0.15, -0.1) is 0 Å². The van der Waals surface area contributed by atoms with Gasteiger partial charge in [-0.2, -0.15) is 0 Å². The molecule has 296 valence electrons. The zero-order chi connectivity index (χ0) is 48.7. The second-order valence-electron chi connectivity index (χ2n) is 17.5. The van der Waals surface area contributed by atoms with Crippen LogP contribution in [0.4, 0.5) is 0 Å². The first kappa shape index (κ1) is 30.4. The first-order valence-corrected chi connectivity index (χ1v) is 20.4. The zero-order valence-electron chi connectivity index (χ0n) is 43.4. The average Bonchev–Trinajstić information content (AvgIpc) is 3.90. The molecule has 2 heterocycles. The molecule has 0 aliphatic heterocycles. The predicted molar refractivity (Wildman–Crippen MR) is 256 cm³/mol. The Bertz CT molecular complexity index is 3590. The molecule has 2 nitrogen and oxygen atoms in total. The lowest BCUT2D eigenvalue weighted by molar-refractivity contribution is 0.593. The minimum atomic E-state index is -0.325.